The fourth-order valence-corrected chi connectivity index (χ4v) is 2.48. The molecule has 1 aliphatic rings. The highest BCUT2D eigenvalue weighted by atomic mass is 16.1. The normalized spacial score (nSPS) is 16.5. The van der Waals surface area contributed by atoms with Gasteiger partial charge in [0.05, 0.1) is 0 Å². The quantitative estimate of drug-likeness (QED) is 0.791. The number of nitrogens with zero attached hydrogens (tertiary/aromatic N) is 1. The van der Waals surface area contributed by atoms with Crippen molar-refractivity contribution in [2.45, 2.75) is 51.6 Å². The summed E-state index contributed by atoms with van der Waals surface area (Å²) < 4.78 is 1.79. The van der Waals surface area contributed by atoms with Gasteiger partial charge in [0.25, 0.3) is 5.56 Å². The summed E-state index contributed by atoms with van der Waals surface area (Å²) in [6.07, 6.45) is 8.31. The molecule has 1 fully saturated rings. The Kier molecular flexibility index (Phi) is 4.37. The molecular weight excluding hydrogens is 212 g/mol. The lowest BCUT2D eigenvalue weighted by atomic mass is 10.2. The van der Waals surface area contributed by atoms with E-state index < -0.39 is 0 Å². The van der Waals surface area contributed by atoms with Gasteiger partial charge in [0.15, 0.2) is 0 Å². The first-order valence-electron chi connectivity index (χ1n) is 6.66. The van der Waals surface area contributed by atoms with Crippen molar-refractivity contribution in [2.24, 2.45) is 0 Å². The van der Waals surface area contributed by atoms with Crippen molar-refractivity contribution in [1.29, 1.82) is 0 Å². The van der Waals surface area contributed by atoms with E-state index in [1.807, 2.05) is 19.2 Å². The van der Waals surface area contributed by atoms with Crippen LogP contribution in [0.3, 0.4) is 0 Å². The molecule has 0 saturated heterocycles. The van der Waals surface area contributed by atoms with Gasteiger partial charge in [0.2, 0.25) is 0 Å². The number of hydrogen-bond donors (Lipinski definition) is 1. The van der Waals surface area contributed by atoms with Crippen molar-refractivity contribution in [1.82, 2.24) is 9.88 Å². The number of pyridine rings is 1. The summed E-state index contributed by atoms with van der Waals surface area (Å²) in [5.74, 6) is 0. The maximum Gasteiger partial charge on any atom is 0.250 e. The molecule has 17 heavy (non-hydrogen) atoms. The van der Waals surface area contributed by atoms with Crippen molar-refractivity contribution >= 4 is 0 Å². The Morgan fingerprint density at radius 1 is 1.41 bits per heavy atom. The summed E-state index contributed by atoms with van der Waals surface area (Å²) >= 11 is 0. The smallest absolute Gasteiger partial charge is 0.250 e. The van der Waals surface area contributed by atoms with Crippen molar-refractivity contribution in [3.05, 3.63) is 34.2 Å². The molecule has 0 atom stereocenters. The molecule has 0 unspecified atom stereocenters. The molecular formula is C14H22N2O. The summed E-state index contributed by atoms with van der Waals surface area (Å²) in [6.45, 7) is 3.79. The molecule has 0 radical (unpaired) electrons. The van der Waals surface area contributed by atoms with E-state index in [4.69, 9.17) is 0 Å². The maximum atomic E-state index is 11.6. The first kappa shape index (κ1) is 12.4. The molecule has 3 heteroatoms. The standard InChI is InChI=1S/C14H22N2O/c1-12-7-10-16(14(17)11-12)9-4-8-15-13-5-2-3-6-13/h7,10-11,13,15H,2-6,8-9H2,1H3. The zero-order valence-corrected chi connectivity index (χ0v) is 10.6. The predicted molar refractivity (Wildman–Crippen MR) is 70.3 cm³/mol. The van der Waals surface area contributed by atoms with Crippen molar-refractivity contribution in [2.75, 3.05) is 6.54 Å². The largest absolute Gasteiger partial charge is 0.315 e. The molecule has 0 aliphatic heterocycles. The van der Waals surface area contributed by atoms with Crippen LogP contribution in [0.15, 0.2) is 23.1 Å². The zero-order valence-electron chi connectivity index (χ0n) is 10.6. The fraction of sp³-hybridized carbons (Fsp3) is 0.643. The summed E-state index contributed by atoms with van der Waals surface area (Å²) in [6, 6.07) is 4.42. The van der Waals surface area contributed by atoms with Gasteiger partial charge in [-0.15, -0.1) is 0 Å². The van der Waals surface area contributed by atoms with Crippen LogP contribution in [-0.2, 0) is 6.54 Å². The first-order chi connectivity index (χ1) is 8.25. The minimum absolute atomic E-state index is 0.117. The van der Waals surface area contributed by atoms with E-state index in [1.165, 1.54) is 25.7 Å². The van der Waals surface area contributed by atoms with Crippen LogP contribution in [0.25, 0.3) is 0 Å². The third kappa shape index (κ3) is 3.70. The van der Waals surface area contributed by atoms with Gasteiger partial charge in [-0.3, -0.25) is 4.79 Å². The maximum absolute atomic E-state index is 11.6. The van der Waals surface area contributed by atoms with Gasteiger partial charge in [-0.2, -0.15) is 0 Å². The summed E-state index contributed by atoms with van der Waals surface area (Å²) in [7, 11) is 0. The number of aromatic nitrogens is 1. The van der Waals surface area contributed by atoms with Crippen LogP contribution in [0.2, 0.25) is 0 Å². The van der Waals surface area contributed by atoms with E-state index in [0.29, 0.717) is 0 Å². The Hall–Kier alpha value is -1.09. The first-order valence-corrected chi connectivity index (χ1v) is 6.66. The number of aryl methyl sites for hydroxylation is 2. The lowest BCUT2D eigenvalue weighted by molar-refractivity contribution is 0.492. The van der Waals surface area contributed by atoms with E-state index >= 15 is 0 Å². The molecule has 1 aliphatic carbocycles. The molecule has 0 bridgehead atoms. The van der Waals surface area contributed by atoms with E-state index in [1.54, 1.807) is 10.6 Å². The van der Waals surface area contributed by atoms with E-state index in [-0.39, 0.29) is 5.56 Å². The van der Waals surface area contributed by atoms with Crippen LogP contribution in [0.1, 0.15) is 37.7 Å². The van der Waals surface area contributed by atoms with Crippen molar-refractivity contribution in [3.8, 4) is 0 Å². The molecule has 2 rings (SSSR count). The van der Waals surface area contributed by atoms with Crippen LogP contribution >= 0.6 is 0 Å². The minimum atomic E-state index is 0.117. The highest BCUT2D eigenvalue weighted by molar-refractivity contribution is 5.07. The van der Waals surface area contributed by atoms with Gasteiger partial charge in [0, 0.05) is 24.8 Å². The third-order valence-electron chi connectivity index (χ3n) is 3.52. The van der Waals surface area contributed by atoms with Crippen LogP contribution in [0, 0.1) is 6.92 Å². The topological polar surface area (TPSA) is 34.0 Å². The van der Waals surface area contributed by atoms with Gasteiger partial charge in [0.1, 0.15) is 0 Å². The number of hydrogen-bond acceptors (Lipinski definition) is 2. The van der Waals surface area contributed by atoms with Gasteiger partial charge in [-0.25, -0.2) is 0 Å². The number of rotatable bonds is 5. The average Bonchev–Trinajstić information content (AvgIpc) is 2.79. The second-order valence-corrected chi connectivity index (χ2v) is 5.02. The van der Waals surface area contributed by atoms with Crippen LogP contribution in [0.5, 0.6) is 0 Å². The van der Waals surface area contributed by atoms with Gasteiger partial charge < -0.3 is 9.88 Å². The van der Waals surface area contributed by atoms with Crippen molar-refractivity contribution in [3.63, 3.8) is 0 Å². The lowest BCUT2D eigenvalue weighted by Crippen LogP contribution is -2.28. The molecule has 0 aromatic carbocycles. The van der Waals surface area contributed by atoms with Gasteiger partial charge in [-0.1, -0.05) is 12.8 Å². The molecule has 1 N–H and O–H groups in total. The molecule has 1 aromatic heterocycles. The van der Waals surface area contributed by atoms with Gasteiger partial charge >= 0.3 is 0 Å². The Balaban J connectivity index is 1.72. The highest BCUT2D eigenvalue weighted by Crippen LogP contribution is 2.17. The Bertz CT molecular complexity index is 405. The summed E-state index contributed by atoms with van der Waals surface area (Å²) in [4.78, 5) is 11.6. The lowest BCUT2D eigenvalue weighted by Gasteiger charge is -2.12. The molecule has 3 nitrogen and oxygen atoms in total. The molecule has 1 saturated carbocycles. The van der Waals surface area contributed by atoms with E-state index in [9.17, 15) is 4.79 Å². The van der Waals surface area contributed by atoms with Crippen molar-refractivity contribution < 1.29 is 0 Å². The molecule has 94 valence electrons. The molecule has 1 heterocycles. The second-order valence-electron chi connectivity index (χ2n) is 5.02. The Morgan fingerprint density at radius 3 is 2.88 bits per heavy atom. The second kappa shape index (κ2) is 6.01. The Labute approximate surface area is 103 Å². The SMILES string of the molecule is Cc1ccn(CCCNC2CCCC2)c(=O)c1. The zero-order chi connectivity index (χ0) is 12.1. The third-order valence-corrected chi connectivity index (χ3v) is 3.52. The molecule has 1 aromatic rings. The van der Waals surface area contributed by atoms with Gasteiger partial charge in [-0.05, 0) is 44.4 Å². The number of nitrogens with one attached hydrogen (secondary N) is 1. The Morgan fingerprint density at radius 2 is 2.18 bits per heavy atom. The molecule has 0 amide bonds. The minimum Gasteiger partial charge on any atom is -0.315 e. The summed E-state index contributed by atoms with van der Waals surface area (Å²) in [5, 5.41) is 3.57. The van der Waals surface area contributed by atoms with E-state index in [0.717, 1.165) is 31.1 Å². The average molecular weight is 234 g/mol. The van der Waals surface area contributed by atoms with Crippen LogP contribution in [0.4, 0.5) is 0 Å². The molecule has 0 spiro atoms. The predicted octanol–water partition coefficient (Wildman–Crippen LogP) is 2.08. The van der Waals surface area contributed by atoms with E-state index in [2.05, 4.69) is 5.32 Å². The highest BCUT2D eigenvalue weighted by Gasteiger charge is 2.13. The monoisotopic (exact) mass is 234 g/mol. The summed E-state index contributed by atoms with van der Waals surface area (Å²) in [5.41, 5.74) is 1.15. The van der Waals surface area contributed by atoms with Crippen LogP contribution < -0.4 is 10.9 Å². The van der Waals surface area contributed by atoms with Crippen LogP contribution in [-0.4, -0.2) is 17.2 Å². The fourth-order valence-electron chi connectivity index (χ4n) is 2.48.